The summed E-state index contributed by atoms with van der Waals surface area (Å²) in [4.78, 5) is 33.3. The Morgan fingerprint density at radius 2 is 1.59 bits per heavy atom. The number of nitrogens with zero attached hydrogens (tertiary/aromatic N) is 1. The highest BCUT2D eigenvalue weighted by Crippen LogP contribution is 2.12. The fraction of sp³-hybridized carbons (Fsp3) is 0.700. The third kappa shape index (κ3) is 6.64. The number of hydrogen-bond donors (Lipinski definition) is 3. The van der Waals surface area contributed by atoms with Gasteiger partial charge in [0.05, 0.1) is 13.2 Å². The van der Waals surface area contributed by atoms with Gasteiger partial charge in [-0.15, -0.1) is 0 Å². The lowest BCUT2D eigenvalue weighted by atomic mass is 10.3. The molecule has 2 amide bonds. The number of carboxylic acid groups (broad SMARTS) is 1. The fourth-order valence-corrected chi connectivity index (χ4v) is 1.26. The minimum atomic E-state index is -0.904. The van der Waals surface area contributed by atoms with E-state index < -0.39 is 5.97 Å². The Hall–Kier alpha value is -1.47. The first-order valence-corrected chi connectivity index (χ1v) is 5.29. The molecule has 0 atom stereocenters. The Balaban J connectivity index is 0.000000557. The van der Waals surface area contributed by atoms with Crippen LogP contribution in [0, 0.1) is 0 Å². The zero-order valence-corrected chi connectivity index (χ0v) is 9.46. The highest BCUT2D eigenvalue weighted by Gasteiger charge is 2.27. The lowest BCUT2D eigenvalue weighted by molar-refractivity contribution is -0.141. The molecule has 7 heteroatoms. The van der Waals surface area contributed by atoms with Crippen molar-refractivity contribution in [1.29, 1.82) is 0 Å². The van der Waals surface area contributed by atoms with Crippen molar-refractivity contribution in [3.8, 4) is 0 Å². The van der Waals surface area contributed by atoms with Crippen molar-refractivity contribution < 1.29 is 29.7 Å². The lowest BCUT2D eigenvalue weighted by Crippen LogP contribution is -2.30. The number of aliphatic carboxylic acids is 1. The van der Waals surface area contributed by atoms with Crippen molar-refractivity contribution in [2.75, 3.05) is 19.8 Å². The average Bonchev–Trinajstić information content (AvgIpc) is 2.60. The van der Waals surface area contributed by atoms with Crippen LogP contribution >= 0.6 is 0 Å². The first-order chi connectivity index (χ1) is 8.02. The van der Waals surface area contributed by atoms with Crippen LogP contribution in [0.5, 0.6) is 0 Å². The molecule has 1 rings (SSSR count). The van der Waals surface area contributed by atoms with Gasteiger partial charge in [-0.3, -0.25) is 19.3 Å². The van der Waals surface area contributed by atoms with Crippen LogP contribution in [0.15, 0.2) is 0 Å². The molecule has 0 spiro atoms. The van der Waals surface area contributed by atoms with E-state index in [-0.39, 0.29) is 50.8 Å². The van der Waals surface area contributed by atoms with E-state index in [2.05, 4.69) is 0 Å². The van der Waals surface area contributed by atoms with E-state index in [9.17, 15) is 14.4 Å². The van der Waals surface area contributed by atoms with Crippen LogP contribution in [0.4, 0.5) is 0 Å². The van der Waals surface area contributed by atoms with Gasteiger partial charge in [0, 0.05) is 25.8 Å². The number of carbonyl (C=O) groups excluding carboxylic acids is 2. The van der Waals surface area contributed by atoms with Crippen molar-refractivity contribution in [1.82, 2.24) is 4.90 Å². The SMILES string of the molecule is O=C(O)CCCN1C(=O)CCC1=O.OCCO. The van der Waals surface area contributed by atoms with Gasteiger partial charge in [0.15, 0.2) is 0 Å². The minimum Gasteiger partial charge on any atom is -0.481 e. The molecule has 1 saturated heterocycles. The number of hydrogen-bond acceptors (Lipinski definition) is 5. The van der Waals surface area contributed by atoms with Crippen molar-refractivity contribution in [2.45, 2.75) is 25.7 Å². The first kappa shape index (κ1) is 15.5. The zero-order chi connectivity index (χ0) is 13.3. The second-order valence-electron chi connectivity index (χ2n) is 3.38. The van der Waals surface area contributed by atoms with Gasteiger partial charge < -0.3 is 15.3 Å². The van der Waals surface area contributed by atoms with Crippen molar-refractivity contribution in [3.63, 3.8) is 0 Å². The maximum absolute atomic E-state index is 11.0. The molecule has 0 aromatic rings. The molecule has 0 unspecified atom stereocenters. The average molecular weight is 247 g/mol. The molecule has 0 aromatic heterocycles. The highest BCUT2D eigenvalue weighted by molar-refractivity contribution is 6.01. The molecule has 0 radical (unpaired) electrons. The Morgan fingerprint density at radius 1 is 1.12 bits per heavy atom. The lowest BCUT2D eigenvalue weighted by Gasteiger charge is -2.11. The number of amides is 2. The van der Waals surface area contributed by atoms with Gasteiger partial charge in [0.1, 0.15) is 0 Å². The summed E-state index contributed by atoms with van der Waals surface area (Å²) in [6.45, 7) is -0.00995. The minimum absolute atomic E-state index is 0.00292. The number of aliphatic hydroxyl groups is 2. The van der Waals surface area contributed by atoms with Gasteiger partial charge in [-0.2, -0.15) is 0 Å². The predicted octanol–water partition coefficient (Wildman–Crippen LogP) is -1.03. The molecule has 1 fully saturated rings. The van der Waals surface area contributed by atoms with Crippen LogP contribution in [0.3, 0.4) is 0 Å². The van der Waals surface area contributed by atoms with E-state index in [0.29, 0.717) is 6.42 Å². The van der Waals surface area contributed by atoms with Crippen LogP contribution < -0.4 is 0 Å². The van der Waals surface area contributed by atoms with Crippen LogP contribution in [0.1, 0.15) is 25.7 Å². The van der Waals surface area contributed by atoms with E-state index in [4.69, 9.17) is 15.3 Å². The zero-order valence-electron chi connectivity index (χ0n) is 9.46. The Labute approximate surface area is 98.7 Å². The van der Waals surface area contributed by atoms with Crippen LogP contribution in [0.2, 0.25) is 0 Å². The molecule has 0 saturated carbocycles. The second-order valence-corrected chi connectivity index (χ2v) is 3.38. The fourth-order valence-electron chi connectivity index (χ4n) is 1.26. The molecule has 3 N–H and O–H groups in total. The van der Waals surface area contributed by atoms with E-state index in [0.717, 1.165) is 4.90 Å². The standard InChI is InChI=1S/C8H11NO4.C2H6O2/c10-6-3-4-7(11)9(6)5-1-2-8(12)13;3-1-2-4/h1-5H2,(H,12,13);3-4H,1-2H2. The topological polar surface area (TPSA) is 115 Å². The Bertz CT molecular complexity index is 260. The smallest absolute Gasteiger partial charge is 0.303 e. The number of aliphatic hydroxyl groups excluding tert-OH is 2. The van der Waals surface area contributed by atoms with Crippen molar-refractivity contribution >= 4 is 17.8 Å². The van der Waals surface area contributed by atoms with Gasteiger partial charge in [0.25, 0.3) is 0 Å². The molecule has 1 aliphatic heterocycles. The van der Waals surface area contributed by atoms with E-state index in [1.165, 1.54) is 0 Å². The second kappa shape index (κ2) is 8.66. The van der Waals surface area contributed by atoms with Gasteiger partial charge >= 0.3 is 5.97 Å². The summed E-state index contributed by atoms with van der Waals surface area (Å²) < 4.78 is 0. The Kier molecular flexibility index (Phi) is 7.91. The first-order valence-electron chi connectivity index (χ1n) is 5.29. The molecule has 0 bridgehead atoms. The molecule has 98 valence electrons. The number of carbonyl (C=O) groups is 3. The maximum atomic E-state index is 11.0. The summed E-state index contributed by atoms with van der Waals surface area (Å²) in [5, 5.41) is 23.6. The number of imide groups is 1. The van der Waals surface area contributed by atoms with Crippen molar-refractivity contribution in [3.05, 3.63) is 0 Å². The molecule has 0 aliphatic carbocycles. The predicted molar refractivity (Wildman–Crippen MR) is 57.0 cm³/mol. The van der Waals surface area contributed by atoms with E-state index in [1.807, 2.05) is 0 Å². The summed E-state index contributed by atoms with van der Waals surface area (Å²) >= 11 is 0. The highest BCUT2D eigenvalue weighted by atomic mass is 16.4. The third-order valence-corrected chi connectivity index (χ3v) is 2.03. The quantitative estimate of drug-likeness (QED) is 0.535. The maximum Gasteiger partial charge on any atom is 0.303 e. The largest absolute Gasteiger partial charge is 0.481 e. The summed E-state index contributed by atoms with van der Waals surface area (Å²) in [7, 11) is 0. The summed E-state index contributed by atoms with van der Waals surface area (Å²) in [6, 6.07) is 0. The molecular formula is C10H17NO6. The van der Waals surface area contributed by atoms with Crippen LogP contribution in [-0.2, 0) is 14.4 Å². The number of carboxylic acids is 1. The molecule has 17 heavy (non-hydrogen) atoms. The number of likely N-dealkylation sites (tertiary alicyclic amines) is 1. The van der Waals surface area contributed by atoms with E-state index >= 15 is 0 Å². The molecular weight excluding hydrogens is 230 g/mol. The van der Waals surface area contributed by atoms with Gasteiger partial charge in [-0.05, 0) is 6.42 Å². The number of rotatable bonds is 5. The van der Waals surface area contributed by atoms with Crippen LogP contribution in [-0.4, -0.2) is 57.8 Å². The third-order valence-electron chi connectivity index (χ3n) is 2.03. The molecule has 1 aliphatic rings. The summed E-state index contributed by atoms with van der Waals surface area (Å²) in [6.07, 6.45) is 0.877. The van der Waals surface area contributed by atoms with Gasteiger partial charge in [-0.25, -0.2) is 0 Å². The van der Waals surface area contributed by atoms with Crippen molar-refractivity contribution in [2.24, 2.45) is 0 Å². The summed E-state index contributed by atoms with van der Waals surface area (Å²) in [5.41, 5.74) is 0. The van der Waals surface area contributed by atoms with Gasteiger partial charge in [0.2, 0.25) is 11.8 Å². The monoisotopic (exact) mass is 247 g/mol. The normalized spacial score (nSPS) is 14.6. The van der Waals surface area contributed by atoms with Gasteiger partial charge in [-0.1, -0.05) is 0 Å². The molecule has 0 aromatic carbocycles. The van der Waals surface area contributed by atoms with E-state index in [1.54, 1.807) is 0 Å². The molecule has 7 nitrogen and oxygen atoms in total. The van der Waals surface area contributed by atoms with Crippen LogP contribution in [0.25, 0.3) is 0 Å². The molecule has 1 heterocycles. The Morgan fingerprint density at radius 3 is 1.94 bits per heavy atom. The summed E-state index contributed by atoms with van der Waals surface area (Å²) in [5.74, 6) is -1.27.